The third-order valence-corrected chi connectivity index (χ3v) is 3.83. The number of nitrogens with zero attached hydrogens (tertiary/aromatic N) is 2. The third-order valence-electron chi connectivity index (χ3n) is 3.83. The molecule has 0 amide bonds. The van der Waals surface area contributed by atoms with Gasteiger partial charge in [-0.2, -0.15) is 0 Å². The Morgan fingerprint density at radius 2 is 2.19 bits per heavy atom. The minimum Gasteiger partial charge on any atom is -0.474 e. The molecule has 1 aliphatic rings. The van der Waals surface area contributed by atoms with Gasteiger partial charge in [-0.25, -0.2) is 4.98 Å². The zero-order valence-corrected chi connectivity index (χ0v) is 11.8. The Kier molecular flexibility index (Phi) is 3.70. The number of benzene rings is 1. The van der Waals surface area contributed by atoms with Gasteiger partial charge in [0.15, 0.2) is 0 Å². The maximum absolute atomic E-state index is 10.7. The Balaban J connectivity index is 1.70. The fraction of sp³-hybridized carbons (Fsp3) is 0.400. The van der Waals surface area contributed by atoms with E-state index in [9.17, 15) is 10.1 Å². The lowest BCUT2D eigenvalue weighted by molar-refractivity contribution is -0.384. The molecule has 0 spiro atoms. The molecular weight excluding hydrogens is 270 g/mol. The largest absolute Gasteiger partial charge is 0.474 e. The average Bonchev–Trinajstić information content (AvgIpc) is 2.44. The van der Waals surface area contributed by atoms with Gasteiger partial charge in [0.2, 0.25) is 5.88 Å². The van der Waals surface area contributed by atoms with E-state index in [-0.39, 0.29) is 11.8 Å². The van der Waals surface area contributed by atoms with E-state index in [1.54, 1.807) is 12.1 Å². The van der Waals surface area contributed by atoms with E-state index >= 15 is 0 Å². The number of fused-ring (bicyclic) bond motifs is 1. The normalized spacial score (nSPS) is 21.0. The first-order valence-corrected chi connectivity index (χ1v) is 7.02. The van der Waals surface area contributed by atoms with Gasteiger partial charge in [-0.1, -0.05) is 0 Å². The molecule has 3 rings (SSSR count). The predicted molar refractivity (Wildman–Crippen MR) is 79.5 cm³/mol. The van der Waals surface area contributed by atoms with E-state index in [1.165, 1.54) is 12.1 Å². The molecule has 0 bridgehead atoms. The number of nitrogens with one attached hydrogen (secondary N) is 1. The topological polar surface area (TPSA) is 77.3 Å². The molecule has 21 heavy (non-hydrogen) atoms. The molecule has 0 saturated heterocycles. The molecule has 1 heterocycles. The summed E-state index contributed by atoms with van der Waals surface area (Å²) in [6.45, 7) is 1.02. The quantitative estimate of drug-likeness (QED) is 0.675. The van der Waals surface area contributed by atoms with Crippen LogP contribution in [0.3, 0.4) is 0 Å². The van der Waals surface area contributed by atoms with Gasteiger partial charge in [0.1, 0.15) is 6.10 Å². The van der Waals surface area contributed by atoms with Gasteiger partial charge in [0.25, 0.3) is 5.69 Å². The monoisotopic (exact) mass is 287 g/mol. The lowest BCUT2D eigenvalue weighted by Crippen LogP contribution is -2.38. The number of non-ortho nitro benzene ring substituents is 1. The summed E-state index contributed by atoms with van der Waals surface area (Å²) in [6.07, 6.45) is 2.31. The van der Waals surface area contributed by atoms with Crippen LogP contribution in [-0.2, 0) is 0 Å². The fourth-order valence-corrected chi connectivity index (χ4v) is 2.67. The van der Waals surface area contributed by atoms with E-state index in [1.807, 2.05) is 13.1 Å². The van der Waals surface area contributed by atoms with Crippen molar-refractivity contribution in [1.29, 1.82) is 0 Å². The minimum absolute atomic E-state index is 0.0758. The summed E-state index contributed by atoms with van der Waals surface area (Å²) >= 11 is 0. The highest BCUT2D eigenvalue weighted by atomic mass is 16.6. The molecular formula is C15H17N3O3. The van der Waals surface area contributed by atoms with Crippen LogP contribution in [0.1, 0.15) is 12.8 Å². The second kappa shape index (κ2) is 5.65. The molecule has 1 aromatic carbocycles. The highest BCUT2D eigenvalue weighted by Crippen LogP contribution is 2.31. The number of hydrogen-bond acceptors (Lipinski definition) is 5. The third kappa shape index (κ3) is 2.95. The molecule has 110 valence electrons. The summed E-state index contributed by atoms with van der Waals surface area (Å²) in [6, 6.07) is 8.24. The number of nitro benzene ring substituents is 1. The smallest absolute Gasteiger partial charge is 0.270 e. The summed E-state index contributed by atoms with van der Waals surface area (Å²) in [4.78, 5) is 14.7. The Bertz CT molecular complexity index is 668. The van der Waals surface area contributed by atoms with Gasteiger partial charge in [-0.05, 0) is 44.5 Å². The molecule has 2 aromatic rings. The lowest BCUT2D eigenvalue weighted by atomic mass is 9.82. The Labute approximate surface area is 122 Å². The van der Waals surface area contributed by atoms with Gasteiger partial charge < -0.3 is 10.1 Å². The highest BCUT2D eigenvalue weighted by molar-refractivity contribution is 5.81. The second-order valence-corrected chi connectivity index (χ2v) is 5.42. The van der Waals surface area contributed by atoms with Crippen LogP contribution in [-0.4, -0.2) is 29.6 Å². The van der Waals surface area contributed by atoms with Crippen LogP contribution in [0.4, 0.5) is 5.69 Å². The summed E-state index contributed by atoms with van der Waals surface area (Å²) < 4.78 is 5.84. The second-order valence-electron chi connectivity index (χ2n) is 5.42. The van der Waals surface area contributed by atoms with Crippen molar-refractivity contribution in [3.05, 3.63) is 40.4 Å². The Morgan fingerprint density at radius 3 is 2.90 bits per heavy atom. The summed E-state index contributed by atoms with van der Waals surface area (Å²) in [5.41, 5.74) is 0.788. The van der Waals surface area contributed by atoms with Gasteiger partial charge >= 0.3 is 0 Å². The number of rotatable bonds is 5. The number of nitro groups is 1. The summed E-state index contributed by atoms with van der Waals surface area (Å²) in [5, 5.41) is 14.7. The van der Waals surface area contributed by atoms with Gasteiger partial charge in [-0.15, -0.1) is 0 Å². The van der Waals surface area contributed by atoms with Crippen molar-refractivity contribution in [3.63, 3.8) is 0 Å². The van der Waals surface area contributed by atoms with Crippen molar-refractivity contribution in [2.75, 3.05) is 13.6 Å². The summed E-state index contributed by atoms with van der Waals surface area (Å²) in [7, 11) is 1.96. The molecule has 0 radical (unpaired) electrons. The zero-order chi connectivity index (χ0) is 14.8. The lowest BCUT2D eigenvalue weighted by Gasteiger charge is -2.34. The molecule has 6 nitrogen and oxygen atoms in total. The van der Waals surface area contributed by atoms with Crippen molar-refractivity contribution >= 4 is 16.6 Å². The van der Waals surface area contributed by atoms with E-state index in [0.717, 1.165) is 24.8 Å². The van der Waals surface area contributed by atoms with Gasteiger partial charge in [0, 0.05) is 23.6 Å². The molecule has 1 N–H and O–H groups in total. The molecule has 1 aromatic heterocycles. The van der Waals surface area contributed by atoms with Crippen LogP contribution in [0.25, 0.3) is 10.9 Å². The van der Waals surface area contributed by atoms with Crippen molar-refractivity contribution < 1.29 is 9.66 Å². The zero-order valence-electron chi connectivity index (χ0n) is 11.8. The molecule has 1 aliphatic carbocycles. The predicted octanol–water partition coefficient (Wildman–Crippen LogP) is 2.52. The van der Waals surface area contributed by atoms with Crippen LogP contribution in [0.2, 0.25) is 0 Å². The van der Waals surface area contributed by atoms with E-state index in [2.05, 4.69) is 10.3 Å². The number of pyridine rings is 1. The number of aromatic nitrogens is 1. The van der Waals surface area contributed by atoms with E-state index < -0.39 is 4.92 Å². The maximum Gasteiger partial charge on any atom is 0.270 e. The van der Waals surface area contributed by atoms with Crippen LogP contribution in [0, 0.1) is 16.0 Å². The van der Waals surface area contributed by atoms with Crippen molar-refractivity contribution in [1.82, 2.24) is 10.3 Å². The number of ether oxygens (including phenoxy) is 1. The van der Waals surface area contributed by atoms with Crippen LogP contribution >= 0.6 is 0 Å². The standard InChI is InChI=1S/C15H17N3O3/c1-16-9-10-6-13(7-10)21-15-5-2-11-8-12(18(19)20)3-4-14(11)17-15/h2-5,8,10,13,16H,6-7,9H2,1H3. The molecule has 6 heteroatoms. The van der Waals surface area contributed by atoms with Crippen molar-refractivity contribution in [2.45, 2.75) is 18.9 Å². The molecule has 1 saturated carbocycles. The molecule has 0 atom stereocenters. The Hall–Kier alpha value is -2.21. The van der Waals surface area contributed by atoms with E-state index in [4.69, 9.17) is 4.74 Å². The summed E-state index contributed by atoms with van der Waals surface area (Å²) in [5.74, 6) is 1.27. The minimum atomic E-state index is -0.403. The SMILES string of the molecule is CNCC1CC(Oc2ccc3cc([N+](=O)[O-])ccc3n2)C1. The van der Waals surface area contributed by atoms with Crippen LogP contribution in [0.15, 0.2) is 30.3 Å². The number of hydrogen-bond donors (Lipinski definition) is 1. The fourth-order valence-electron chi connectivity index (χ4n) is 2.67. The van der Waals surface area contributed by atoms with Gasteiger partial charge in [0.05, 0.1) is 10.4 Å². The molecule has 1 fully saturated rings. The first kappa shape index (κ1) is 13.8. The van der Waals surface area contributed by atoms with Crippen LogP contribution < -0.4 is 10.1 Å². The molecule has 0 aliphatic heterocycles. The average molecular weight is 287 g/mol. The van der Waals surface area contributed by atoms with Crippen molar-refractivity contribution in [2.24, 2.45) is 5.92 Å². The van der Waals surface area contributed by atoms with Crippen LogP contribution in [0.5, 0.6) is 5.88 Å². The highest BCUT2D eigenvalue weighted by Gasteiger charge is 2.30. The first-order valence-electron chi connectivity index (χ1n) is 7.02. The van der Waals surface area contributed by atoms with E-state index in [0.29, 0.717) is 17.3 Å². The van der Waals surface area contributed by atoms with Crippen molar-refractivity contribution in [3.8, 4) is 5.88 Å². The van der Waals surface area contributed by atoms with Gasteiger partial charge in [-0.3, -0.25) is 10.1 Å². The molecule has 0 unspecified atom stereocenters. The first-order chi connectivity index (χ1) is 10.2. The maximum atomic E-state index is 10.7. The Morgan fingerprint density at radius 1 is 1.38 bits per heavy atom.